The molecule has 3 aliphatic rings. The van der Waals surface area contributed by atoms with Crippen molar-refractivity contribution in [1.29, 1.82) is 0 Å². The number of β-amino-alcohol motifs (C(OH)–C–C–N with tert-alkyl or cyclic N) is 1. The van der Waals surface area contributed by atoms with Crippen molar-refractivity contribution < 1.29 is 29.0 Å². The van der Waals surface area contributed by atoms with Gasteiger partial charge >= 0.3 is 0 Å². The van der Waals surface area contributed by atoms with Gasteiger partial charge in [-0.1, -0.05) is 20.3 Å². The molecule has 9 heteroatoms. The van der Waals surface area contributed by atoms with Crippen molar-refractivity contribution in [2.75, 3.05) is 31.6 Å². The van der Waals surface area contributed by atoms with Crippen LogP contribution in [-0.2, 0) is 19.1 Å². The van der Waals surface area contributed by atoms with Gasteiger partial charge in [0.25, 0.3) is 0 Å². The van der Waals surface area contributed by atoms with Crippen molar-refractivity contribution in [2.45, 2.75) is 70.1 Å². The number of hydrogen-bond acceptors (Lipinski definition) is 6. The summed E-state index contributed by atoms with van der Waals surface area (Å²) in [6, 6.07) is 6.25. The predicted molar refractivity (Wildman–Crippen MR) is 130 cm³/mol. The van der Waals surface area contributed by atoms with Crippen LogP contribution < -0.4 is 15.4 Å². The summed E-state index contributed by atoms with van der Waals surface area (Å²) in [4.78, 5) is 42.1. The van der Waals surface area contributed by atoms with Crippen LogP contribution in [0.5, 0.6) is 5.75 Å². The molecule has 2 unspecified atom stereocenters. The van der Waals surface area contributed by atoms with Gasteiger partial charge in [-0.25, -0.2) is 0 Å². The molecule has 1 aromatic carbocycles. The van der Waals surface area contributed by atoms with Crippen molar-refractivity contribution in [3.05, 3.63) is 24.3 Å². The Kier molecular flexibility index (Phi) is 7.38. The minimum absolute atomic E-state index is 0.0265. The lowest BCUT2D eigenvalue weighted by molar-refractivity contribution is -0.146. The zero-order valence-electron chi connectivity index (χ0n) is 20.8. The Labute approximate surface area is 206 Å². The first-order valence-corrected chi connectivity index (χ1v) is 12.8. The minimum Gasteiger partial charge on any atom is -0.494 e. The van der Waals surface area contributed by atoms with Crippen LogP contribution in [-0.4, -0.2) is 71.3 Å². The second-order valence-electron chi connectivity index (χ2n) is 9.68. The number of hydrogen-bond donors (Lipinski definition) is 3. The SMILES string of the molecule is CCCCNC(=O)C1N(CCO)C(=O)[C@@H]2[C@H](C(=O)Nc3ccc(OCC)cc3)[C@]3(CC)CCC12O3. The smallest absolute Gasteiger partial charge is 0.245 e. The number of carbonyl (C=O) groups excluding carboxylic acids is 3. The first kappa shape index (κ1) is 25.4. The number of unbranched alkanes of at least 4 members (excludes halogenated alkanes) is 1. The molecule has 3 fully saturated rings. The van der Waals surface area contributed by atoms with Crippen LogP contribution in [0.4, 0.5) is 5.69 Å². The van der Waals surface area contributed by atoms with E-state index in [-0.39, 0.29) is 30.9 Å². The van der Waals surface area contributed by atoms with E-state index in [1.807, 2.05) is 20.8 Å². The lowest BCUT2D eigenvalue weighted by Gasteiger charge is -2.33. The summed E-state index contributed by atoms with van der Waals surface area (Å²) in [5.41, 5.74) is -1.27. The van der Waals surface area contributed by atoms with E-state index >= 15 is 0 Å². The van der Waals surface area contributed by atoms with E-state index < -0.39 is 29.1 Å². The number of ether oxygens (including phenoxy) is 2. The first-order chi connectivity index (χ1) is 16.9. The molecule has 3 amide bonds. The van der Waals surface area contributed by atoms with E-state index in [0.29, 0.717) is 43.9 Å². The molecule has 0 aliphatic carbocycles. The molecule has 192 valence electrons. The molecule has 9 nitrogen and oxygen atoms in total. The monoisotopic (exact) mass is 487 g/mol. The Morgan fingerprint density at radius 2 is 1.91 bits per heavy atom. The van der Waals surface area contributed by atoms with Gasteiger partial charge < -0.3 is 30.1 Å². The third-order valence-electron chi connectivity index (χ3n) is 7.82. The second kappa shape index (κ2) is 10.1. The molecule has 3 aliphatic heterocycles. The lowest BCUT2D eigenvalue weighted by atomic mass is 9.65. The molecule has 1 aromatic rings. The highest BCUT2D eigenvalue weighted by atomic mass is 16.5. The zero-order valence-corrected chi connectivity index (χ0v) is 20.8. The van der Waals surface area contributed by atoms with Crippen molar-refractivity contribution in [3.63, 3.8) is 0 Å². The molecule has 3 N–H and O–H groups in total. The number of amides is 3. The first-order valence-electron chi connectivity index (χ1n) is 12.8. The Balaban J connectivity index is 1.64. The van der Waals surface area contributed by atoms with Gasteiger partial charge in [0, 0.05) is 18.8 Å². The highest BCUT2D eigenvalue weighted by Gasteiger charge is 2.78. The van der Waals surface area contributed by atoms with Gasteiger partial charge in [-0.15, -0.1) is 0 Å². The molecule has 3 saturated heterocycles. The molecule has 2 bridgehead atoms. The van der Waals surface area contributed by atoms with Crippen molar-refractivity contribution in [1.82, 2.24) is 10.2 Å². The summed E-state index contributed by atoms with van der Waals surface area (Å²) in [7, 11) is 0. The standard InChI is InChI=1S/C26H37N3O6/c1-4-7-14-27-23(32)21-26-13-12-25(5-2,35-26)19(20(26)24(33)29(21)15-16-30)22(31)28-17-8-10-18(11-9-17)34-6-3/h8-11,19-21,30H,4-7,12-16H2,1-3H3,(H,27,32)(H,28,31)/t19-,20+,21?,25+,26?/m1/s1. The third-order valence-corrected chi connectivity index (χ3v) is 7.82. The van der Waals surface area contributed by atoms with Crippen molar-refractivity contribution in [3.8, 4) is 5.75 Å². The molecular formula is C26H37N3O6. The van der Waals surface area contributed by atoms with E-state index in [1.165, 1.54) is 4.90 Å². The average Bonchev–Trinajstić information content (AvgIpc) is 3.45. The van der Waals surface area contributed by atoms with Gasteiger partial charge in [0.2, 0.25) is 17.7 Å². The molecule has 1 spiro atoms. The van der Waals surface area contributed by atoms with Gasteiger partial charge in [0.15, 0.2) is 0 Å². The maximum absolute atomic E-state index is 13.7. The van der Waals surface area contributed by atoms with Crippen molar-refractivity contribution in [2.24, 2.45) is 11.8 Å². The number of aliphatic hydroxyl groups excluding tert-OH is 1. The fraction of sp³-hybridized carbons (Fsp3) is 0.654. The fourth-order valence-electron chi connectivity index (χ4n) is 6.27. The van der Waals surface area contributed by atoms with Crippen LogP contribution in [0.15, 0.2) is 24.3 Å². The summed E-state index contributed by atoms with van der Waals surface area (Å²) in [5, 5.41) is 15.6. The maximum atomic E-state index is 13.7. The van der Waals surface area contributed by atoms with E-state index in [9.17, 15) is 19.5 Å². The number of rotatable bonds is 11. The quantitative estimate of drug-likeness (QED) is 0.412. The number of benzene rings is 1. The molecule has 4 rings (SSSR count). The van der Waals surface area contributed by atoms with E-state index in [2.05, 4.69) is 10.6 Å². The van der Waals surface area contributed by atoms with E-state index in [0.717, 1.165) is 12.8 Å². The number of nitrogens with one attached hydrogen (secondary N) is 2. The molecule has 3 heterocycles. The van der Waals surface area contributed by atoms with Gasteiger partial charge in [-0.3, -0.25) is 14.4 Å². The summed E-state index contributed by atoms with van der Waals surface area (Å²) in [6.45, 7) is 6.72. The Morgan fingerprint density at radius 3 is 2.54 bits per heavy atom. The van der Waals surface area contributed by atoms with E-state index in [1.54, 1.807) is 24.3 Å². The van der Waals surface area contributed by atoms with Crippen molar-refractivity contribution >= 4 is 23.4 Å². The van der Waals surface area contributed by atoms with Crippen LogP contribution in [0.2, 0.25) is 0 Å². The molecule has 0 radical (unpaired) electrons. The summed E-state index contributed by atoms with van der Waals surface area (Å²) < 4.78 is 12.1. The average molecular weight is 488 g/mol. The maximum Gasteiger partial charge on any atom is 0.245 e. The third kappa shape index (κ3) is 4.18. The Morgan fingerprint density at radius 1 is 1.17 bits per heavy atom. The number of fused-ring (bicyclic) bond motifs is 1. The summed E-state index contributed by atoms with van der Waals surface area (Å²) >= 11 is 0. The van der Waals surface area contributed by atoms with Gasteiger partial charge in [-0.05, 0) is 56.9 Å². The molecular weight excluding hydrogens is 450 g/mol. The number of carbonyl (C=O) groups is 3. The number of anilines is 1. The van der Waals surface area contributed by atoms with Gasteiger partial charge in [-0.2, -0.15) is 0 Å². The number of aliphatic hydroxyl groups is 1. The normalized spacial score (nSPS) is 30.9. The minimum atomic E-state index is -1.07. The van der Waals surface area contributed by atoms with Gasteiger partial charge in [0.1, 0.15) is 17.4 Å². The number of nitrogens with zero attached hydrogens (tertiary/aromatic N) is 1. The largest absolute Gasteiger partial charge is 0.494 e. The van der Waals surface area contributed by atoms with Crippen LogP contribution in [0.1, 0.15) is 52.9 Å². The molecule has 0 aromatic heterocycles. The topological polar surface area (TPSA) is 117 Å². The molecule has 35 heavy (non-hydrogen) atoms. The van der Waals surface area contributed by atoms with Crippen LogP contribution in [0.25, 0.3) is 0 Å². The predicted octanol–water partition coefficient (Wildman–Crippen LogP) is 2.09. The lowest BCUT2D eigenvalue weighted by Crippen LogP contribution is -2.55. The van der Waals surface area contributed by atoms with Crippen LogP contribution in [0.3, 0.4) is 0 Å². The van der Waals surface area contributed by atoms with Crippen LogP contribution in [0, 0.1) is 11.8 Å². The molecule has 0 saturated carbocycles. The summed E-state index contributed by atoms with van der Waals surface area (Å²) in [5.74, 6) is -1.65. The van der Waals surface area contributed by atoms with Gasteiger partial charge in [0.05, 0.1) is 30.7 Å². The van der Waals surface area contributed by atoms with E-state index in [4.69, 9.17) is 9.47 Å². The Hall–Kier alpha value is -2.65. The zero-order chi connectivity index (χ0) is 25.2. The highest BCUT2D eigenvalue weighted by molar-refractivity contribution is 6.02. The summed E-state index contributed by atoms with van der Waals surface area (Å²) in [6.07, 6.45) is 3.44. The molecule has 5 atom stereocenters. The second-order valence-corrected chi connectivity index (χ2v) is 9.68. The Bertz CT molecular complexity index is 953. The number of likely N-dealkylation sites (tertiary alicyclic amines) is 1. The fourth-order valence-corrected chi connectivity index (χ4v) is 6.27. The highest BCUT2D eigenvalue weighted by Crippen LogP contribution is 2.64. The van der Waals surface area contributed by atoms with Crippen LogP contribution >= 0.6 is 0 Å².